The van der Waals surface area contributed by atoms with Crippen LogP contribution >= 0.6 is 0 Å². The van der Waals surface area contributed by atoms with E-state index in [1.54, 1.807) is 7.11 Å². The number of fused-ring (bicyclic) bond motifs is 1. The van der Waals surface area contributed by atoms with Crippen LogP contribution in [0.3, 0.4) is 0 Å². The van der Waals surface area contributed by atoms with Gasteiger partial charge in [-0.15, -0.1) is 0 Å². The highest BCUT2D eigenvalue weighted by atomic mass is 16.5. The first kappa shape index (κ1) is 15.9. The number of anilines is 2. The number of nitrogens with two attached hydrogens (primary N) is 1. The van der Waals surface area contributed by atoms with E-state index < -0.39 is 0 Å². The van der Waals surface area contributed by atoms with Crippen molar-refractivity contribution in [1.82, 2.24) is 4.57 Å². The van der Waals surface area contributed by atoms with E-state index in [0.29, 0.717) is 0 Å². The lowest BCUT2D eigenvalue weighted by atomic mass is 10.1. The number of amides is 1. The number of aryl methyl sites for hydroxylation is 1. The topological polar surface area (TPSA) is 69.3 Å². The maximum atomic E-state index is 11.3. The van der Waals surface area contributed by atoms with Crippen molar-refractivity contribution in [3.63, 3.8) is 0 Å². The average molecular weight is 323 g/mol. The van der Waals surface area contributed by atoms with Crippen LogP contribution in [0.2, 0.25) is 0 Å². The summed E-state index contributed by atoms with van der Waals surface area (Å²) in [5.74, 6) is 0.703. The first-order chi connectivity index (χ1) is 11.5. The molecule has 0 aliphatic carbocycles. The van der Waals surface area contributed by atoms with Gasteiger partial charge in [0.2, 0.25) is 5.91 Å². The van der Waals surface area contributed by atoms with Gasteiger partial charge in [-0.1, -0.05) is 12.1 Å². The van der Waals surface area contributed by atoms with E-state index in [-0.39, 0.29) is 5.91 Å². The Labute approximate surface area is 141 Å². The lowest BCUT2D eigenvalue weighted by molar-refractivity contribution is -0.114. The van der Waals surface area contributed by atoms with Gasteiger partial charge in [0.05, 0.1) is 24.0 Å². The van der Waals surface area contributed by atoms with Gasteiger partial charge in [0, 0.05) is 36.2 Å². The summed E-state index contributed by atoms with van der Waals surface area (Å²) in [4.78, 5) is 11.3. The Balaban J connectivity index is 2.22. The summed E-state index contributed by atoms with van der Waals surface area (Å²) >= 11 is 0. The number of nitrogen functional groups attached to an aromatic ring is 1. The van der Waals surface area contributed by atoms with Crippen molar-refractivity contribution < 1.29 is 9.53 Å². The molecular weight excluding hydrogens is 302 g/mol. The Hall–Kier alpha value is -2.95. The Morgan fingerprint density at radius 1 is 1.25 bits per heavy atom. The molecule has 2 aromatic carbocycles. The maximum Gasteiger partial charge on any atom is 0.221 e. The van der Waals surface area contributed by atoms with Crippen molar-refractivity contribution in [2.45, 2.75) is 20.4 Å². The predicted octanol–water partition coefficient (Wildman–Crippen LogP) is 3.88. The molecule has 0 saturated heterocycles. The Kier molecular flexibility index (Phi) is 4.16. The summed E-state index contributed by atoms with van der Waals surface area (Å²) in [6.07, 6.45) is 0. The minimum atomic E-state index is -0.0964. The number of methoxy groups -OCH3 is 1. The minimum Gasteiger partial charge on any atom is -0.497 e. The summed E-state index contributed by atoms with van der Waals surface area (Å²) < 4.78 is 7.50. The number of nitrogens with zero attached hydrogens (tertiary/aromatic N) is 1. The average Bonchev–Trinajstić information content (AvgIpc) is 2.86. The van der Waals surface area contributed by atoms with Gasteiger partial charge in [0.25, 0.3) is 0 Å². The van der Waals surface area contributed by atoms with E-state index >= 15 is 0 Å². The van der Waals surface area contributed by atoms with Crippen LogP contribution in [-0.2, 0) is 11.3 Å². The van der Waals surface area contributed by atoms with Gasteiger partial charge in [0.1, 0.15) is 5.75 Å². The molecule has 5 heteroatoms. The third-order valence-corrected chi connectivity index (χ3v) is 4.08. The van der Waals surface area contributed by atoms with Crippen LogP contribution in [0.25, 0.3) is 22.2 Å². The molecule has 0 saturated carbocycles. The zero-order valence-electron chi connectivity index (χ0n) is 14.1. The molecule has 3 N–H and O–H groups in total. The van der Waals surface area contributed by atoms with Crippen LogP contribution in [-0.4, -0.2) is 17.6 Å². The van der Waals surface area contributed by atoms with E-state index in [2.05, 4.69) is 16.8 Å². The molecule has 0 bridgehead atoms. The quantitative estimate of drug-likeness (QED) is 0.765. The standard InChI is InChI=1S/C19H21N3O2/c1-4-22-17-11-15(24-3)8-9-16(17)18(20)19(22)13-6-5-7-14(10-13)21-12(2)23/h5-11H,4,20H2,1-3H3,(H,21,23). The highest BCUT2D eigenvalue weighted by Crippen LogP contribution is 2.38. The number of ether oxygens (including phenoxy) is 1. The van der Waals surface area contributed by atoms with Gasteiger partial charge in [-0.3, -0.25) is 4.79 Å². The summed E-state index contributed by atoms with van der Waals surface area (Å²) in [7, 11) is 1.65. The molecule has 1 aromatic heterocycles. The van der Waals surface area contributed by atoms with E-state index in [1.165, 1.54) is 6.92 Å². The van der Waals surface area contributed by atoms with Crippen LogP contribution in [0.5, 0.6) is 5.75 Å². The van der Waals surface area contributed by atoms with Gasteiger partial charge < -0.3 is 20.4 Å². The lowest BCUT2D eigenvalue weighted by Crippen LogP contribution is -2.06. The minimum absolute atomic E-state index is 0.0964. The summed E-state index contributed by atoms with van der Waals surface area (Å²) in [5.41, 5.74) is 10.9. The Morgan fingerprint density at radius 2 is 2.04 bits per heavy atom. The Morgan fingerprint density at radius 3 is 2.71 bits per heavy atom. The number of nitrogens with one attached hydrogen (secondary N) is 1. The highest BCUT2D eigenvalue weighted by molar-refractivity contribution is 6.02. The van der Waals surface area contributed by atoms with E-state index in [9.17, 15) is 4.79 Å². The third-order valence-electron chi connectivity index (χ3n) is 4.08. The van der Waals surface area contributed by atoms with E-state index in [0.717, 1.165) is 45.8 Å². The van der Waals surface area contributed by atoms with Crippen molar-refractivity contribution in [3.05, 3.63) is 42.5 Å². The molecule has 0 atom stereocenters. The second-order valence-electron chi connectivity index (χ2n) is 5.65. The molecule has 0 spiro atoms. The van der Waals surface area contributed by atoms with Crippen molar-refractivity contribution in [2.24, 2.45) is 0 Å². The smallest absolute Gasteiger partial charge is 0.221 e. The SMILES string of the molecule is CCn1c(-c2cccc(NC(C)=O)c2)c(N)c2ccc(OC)cc21. The van der Waals surface area contributed by atoms with E-state index in [4.69, 9.17) is 10.5 Å². The van der Waals surface area contributed by atoms with E-state index in [1.807, 2.05) is 42.5 Å². The molecule has 124 valence electrons. The number of aromatic nitrogens is 1. The number of hydrogen-bond acceptors (Lipinski definition) is 3. The summed E-state index contributed by atoms with van der Waals surface area (Å²) in [5, 5.41) is 3.81. The molecule has 3 aromatic rings. The molecule has 0 unspecified atom stereocenters. The van der Waals surface area contributed by atoms with Crippen LogP contribution in [0.4, 0.5) is 11.4 Å². The molecule has 0 aliphatic heterocycles. The van der Waals surface area contributed by atoms with Gasteiger partial charge in [-0.25, -0.2) is 0 Å². The molecule has 1 amide bonds. The first-order valence-electron chi connectivity index (χ1n) is 7.89. The summed E-state index contributed by atoms with van der Waals surface area (Å²) in [6, 6.07) is 13.6. The maximum absolute atomic E-state index is 11.3. The first-order valence-corrected chi connectivity index (χ1v) is 7.89. The monoisotopic (exact) mass is 323 g/mol. The normalized spacial score (nSPS) is 10.8. The fourth-order valence-electron chi connectivity index (χ4n) is 3.07. The summed E-state index contributed by atoms with van der Waals surface area (Å²) in [6.45, 7) is 4.36. The van der Waals surface area contributed by atoms with Crippen LogP contribution in [0.1, 0.15) is 13.8 Å². The predicted molar refractivity (Wildman–Crippen MR) is 98.3 cm³/mol. The number of carbonyl (C=O) groups is 1. The molecule has 24 heavy (non-hydrogen) atoms. The molecule has 5 nitrogen and oxygen atoms in total. The van der Waals surface area contributed by atoms with Crippen LogP contribution < -0.4 is 15.8 Å². The van der Waals surface area contributed by atoms with Gasteiger partial charge in [-0.2, -0.15) is 0 Å². The zero-order valence-corrected chi connectivity index (χ0v) is 14.1. The lowest BCUT2D eigenvalue weighted by Gasteiger charge is -2.11. The third kappa shape index (κ3) is 2.69. The fraction of sp³-hybridized carbons (Fsp3) is 0.211. The Bertz CT molecular complexity index is 912. The van der Waals surface area contributed by atoms with Gasteiger partial charge >= 0.3 is 0 Å². The molecular formula is C19H21N3O2. The van der Waals surface area contributed by atoms with Crippen molar-refractivity contribution in [1.29, 1.82) is 0 Å². The van der Waals surface area contributed by atoms with Crippen molar-refractivity contribution in [3.8, 4) is 17.0 Å². The second-order valence-corrected chi connectivity index (χ2v) is 5.65. The van der Waals surface area contributed by atoms with Crippen molar-refractivity contribution >= 4 is 28.2 Å². The zero-order chi connectivity index (χ0) is 17.3. The number of carbonyl (C=O) groups excluding carboxylic acids is 1. The number of rotatable bonds is 4. The molecule has 0 aliphatic rings. The van der Waals surface area contributed by atoms with Crippen LogP contribution in [0, 0.1) is 0 Å². The largest absolute Gasteiger partial charge is 0.497 e. The van der Waals surface area contributed by atoms with Gasteiger partial charge in [0.15, 0.2) is 0 Å². The number of hydrogen-bond donors (Lipinski definition) is 2. The second kappa shape index (κ2) is 6.28. The van der Waals surface area contributed by atoms with Crippen LogP contribution in [0.15, 0.2) is 42.5 Å². The van der Waals surface area contributed by atoms with Gasteiger partial charge in [-0.05, 0) is 31.2 Å². The highest BCUT2D eigenvalue weighted by Gasteiger charge is 2.16. The molecule has 1 heterocycles. The fourth-order valence-corrected chi connectivity index (χ4v) is 3.07. The van der Waals surface area contributed by atoms with Crippen molar-refractivity contribution in [2.75, 3.05) is 18.2 Å². The molecule has 0 radical (unpaired) electrons. The molecule has 3 rings (SSSR count). The number of benzene rings is 2. The molecule has 0 fully saturated rings.